The van der Waals surface area contributed by atoms with Gasteiger partial charge in [-0.25, -0.2) is 0 Å². The van der Waals surface area contributed by atoms with E-state index < -0.39 is 0 Å². The number of carbonyl (C=O) groups is 1. The maximum atomic E-state index is 11.9. The average molecular weight is 226 g/mol. The van der Waals surface area contributed by atoms with Gasteiger partial charge < -0.3 is 10.6 Å². The van der Waals surface area contributed by atoms with E-state index in [-0.39, 0.29) is 6.04 Å². The van der Waals surface area contributed by atoms with Crippen molar-refractivity contribution in [1.82, 2.24) is 4.90 Å². The second kappa shape index (κ2) is 6.89. The fourth-order valence-electron chi connectivity index (χ4n) is 2.13. The summed E-state index contributed by atoms with van der Waals surface area (Å²) < 4.78 is 0. The van der Waals surface area contributed by atoms with Crippen molar-refractivity contribution in [3.63, 3.8) is 0 Å². The van der Waals surface area contributed by atoms with Gasteiger partial charge in [0.1, 0.15) is 0 Å². The lowest BCUT2D eigenvalue weighted by Gasteiger charge is -2.32. The van der Waals surface area contributed by atoms with Crippen LogP contribution in [-0.4, -0.2) is 29.9 Å². The van der Waals surface area contributed by atoms with Crippen LogP contribution in [0.4, 0.5) is 0 Å². The maximum absolute atomic E-state index is 11.9. The molecule has 3 nitrogen and oxygen atoms in total. The van der Waals surface area contributed by atoms with Crippen LogP contribution in [0.15, 0.2) is 0 Å². The van der Waals surface area contributed by atoms with E-state index in [4.69, 9.17) is 5.73 Å². The van der Waals surface area contributed by atoms with Crippen LogP contribution in [0.25, 0.3) is 0 Å². The molecule has 0 bridgehead atoms. The van der Waals surface area contributed by atoms with Crippen molar-refractivity contribution < 1.29 is 4.79 Å². The van der Waals surface area contributed by atoms with Crippen LogP contribution < -0.4 is 5.73 Å². The van der Waals surface area contributed by atoms with Crippen molar-refractivity contribution >= 4 is 5.91 Å². The molecule has 0 aromatic carbocycles. The third-order valence-corrected chi connectivity index (χ3v) is 3.49. The van der Waals surface area contributed by atoms with Crippen molar-refractivity contribution in [2.45, 2.75) is 58.4 Å². The number of carbonyl (C=O) groups excluding carboxylic acids is 1. The number of hydrogen-bond acceptors (Lipinski definition) is 2. The maximum Gasteiger partial charge on any atom is 0.222 e. The molecule has 1 rings (SSSR count). The van der Waals surface area contributed by atoms with E-state index in [1.165, 1.54) is 19.3 Å². The molecule has 2 N–H and O–H groups in total. The highest BCUT2D eigenvalue weighted by Crippen LogP contribution is 2.27. The SMILES string of the molecule is CCN(CC1CCC1)C(=O)CCCC(C)N. The van der Waals surface area contributed by atoms with Gasteiger partial charge in [-0.3, -0.25) is 4.79 Å². The summed E-state index contributed by atoms with van der Waals surface area (Å²) in [5.74, 6) is 1.09. The zero-order valence-corrected chi connectivity index (χ0v) is 10.7. The van der Waals surface area contributed by atoms with Crippen LogP contribution in [0.2, 0.25) is 0 Å². The van der Waals surface area contributed by atoms with E-state index >= 15 is 0 Å². The largest absolute Gasteiger partial charge is 0.343 e. The summed E-state index contributed by atoms with van der Waals surface area (Å²) in [6.07, 6.45) is 6.51. The monoisotopic (exact) mass is 226 g/mol. The van der Waals surface area contributed by atoms with Gasteiger partial charge in [0.05, 0.1) is 0 Å². The van der Waals surface area contributed by atoms with Crippen LogP contribution in [0, 0.1) is 5.92 Å². The Morgan fingerprint density at radius 2 is 2.19 bits per heavy atom. The first-order valence-corrected chi connectivity index (χ1v) is 6.66. The minimum absolute atomic E-state index is 0.217. The topological polar surface area (TPSA) is 46.3 Å². The molecule has 16 heavy (non-hydrogen) atoms. The van der Waals surface area contributed by atoms with Gasteiger partial charge in [-0.05, 0) is 45.4 Å². The molecule has 0 spiro atoms. The lowest BCUT2D eigenvalue weighted by molar-refractivity contribution is -0.132. The number of nitrogens with two attached hydrogens (primary N) is 1. The Kier molecular flexibility index (Phi) is 5.81. The van der Waals surface area contributed by atoms with Crippen molar-refractivity contribution in [1.29, 1.82) is 0 Å². The van der Waals surface area contributed by atoms with Gasteiger partial charge in [-0.15, -0.1) is 0 Å². The van der Waals surface area contributed by atoms with Gasteiger partial charge in [-0.2, -0.15) is 0 Å². The molecule has 1 atom stereocenters. The second-order valence-electron chi connectivity index (χ2n) is 5.10. The Morgan fingerprint density at radius 3 is 2.62 bits per heavy atom. The Morgan fingerprint density at radius 1 is 1.50 bits per heavy atom. The Hall–Kier alpha value is -0.570. The molecule has 1 fully saturated rings. The summed E-state index contributed by atoms with van der Waals surface area (Å²) >= 11 is 0. The summed E-state index contributed by atoms with van der Waals surface area (Å²) in [5, 5.41) is 0. The third-order valence-electron chi connectivity index (χ3n) is 3.49. The molecule has 1 saturated carbocycles. The van der Waals surface area contributed by atoms with Gasteiger partial charge in [0, 0.05) is 25.6 Å². The quantitative estimate of drug-likeness (QED) is 0.723. The fraction of sp³-hybridized carbons (Fsp3) is 0.923. The van der Waals surface area contributed by atoms with E-state index in [2.05, 4.69) is 6.92 Å². The molecule has 0 aliphatic heterocycles. The zero-order valence-electron chi connectivity index (χ0n) is 10.7. The Balaban J connectivity index is 2.19. The minimum Gasteiger partial charge on any atom is -0.343 e. The van der Waals surface area contributed by atoms with Crippen molar-refractivity contribution in [2.24, 2.45) is 11.7 Å². The van der Waals surface area contributed by atoms with Crippen LogP contribution in [0.5, 0.6) is 0 Å². The van der Waals surface area contributed by atoms with Gasteiger partial charge in [-0.1, -0.05) is 6.42 Å². The summed E-state index contributed by atoms with van der Waals surface area (Å²) in [5.41, 5.74) is 5.67. The third kappa shape index (κ3) is 4.52. The molecule has 1 unspecified atom stereocenters. The van der Waals surface area contributed by atoms with Gasteiger partial charge >= 0.3 is 0 Å². The lowest BCUT2D eigenvalue weighted by atomic mass is 9.85. The van der Waals surface area contributed by atoms with Crippen molar-refractivity contribution in [2.75, 3.05) is 13.1 Å². The highest BCUT2D eigenvalue weighted by molar-refractivity contribution is 5.76. The highest BCUT2D eigenvalue weighted by Gasteiger charge is 2.22. The second-order valence-corrected chi connectivity index (χ2v) is 5.10. The van der Waals surface area contributed by atoms with Crippen molar-refractivity contribution in [3.8, 4) is 0 Å². The summed E-state index contributed by atoms with van der Waals surface area (Å²) in [4.78, 5) is 13.9. The molecule has 1 aliphatic rings. The normalized spacial score (nSPS) is 17.9. The number of hydrogen-bond donors (Lipinski definition) is 1. The van der Waals surface area contributed by atoms with Gasteiger partial charge in [0.15, 0.2) is 0 Å². The molecule has 94 valence electrons. The summed E-state index contributed by atoms with van der Waals surface area (Å²) in [7, 11) is 0. The number of rotatable bonds is 7. The molecule has 1 aliphatic carbocycles. The first-order chi connectivity index (χ1) is 7.63. The molecule has 0 aromatic rings. The van der Waals surface area contributed by atoms with Crippen LogP contribution in [-0.2, 0) is 4.79 Å². The predicted molar refractivity (Wildman–Crippen MR) is 67.1 cm³/mol. The molecule has 0 saturated heterocycles. The Labute approximate surface area is 99.4 Å². The van der Waals surface area contributed by atoms with Crippen LogP contribution in [0.3, 0.4) is 0 Å². The summed E-state index contributed by atoms with van der Waals surface area (Å²) in [6.45, 7) is 5.90. The molecule has 0 radical (unpaired) electrons. The van der Waals surface area contributed by atoms with Crippen LogP contribution >= 0.6 is 0 Å². The minimum atomic E-state index is 0.217. The molecule has 0 aromatic heterocycles. The van der Waals surface area contributed by atoms with Crippen molar-refractivity contribution in [3.05, 3.63) is 0 Å². The molecule has 3 heteroatoms. The standard InChI is InChI=1S/C13H26N2O/c1-3-15(10-12-7-5-8-12)13(16)9-4-6-11(2)14/h11-12H,3-10,14H2,1-2H3. The van der Waals surface area contributed by atoms with E-state index in [0.29, 0.717) is 12.3 Å². The first kappa shape index (κ1) is 13.5. The molecular weight excluding hydrogens is 200 g/mol. The van der Waals surface area contributed by atoms with E-state index in [9.17, 15) is 4.79 Å². The smallest absolute Gasteiger partial charge is 0.222 e. The van der Waals surface area contributed by atoms with Gasteiger partial charge in [0.25, 0.3) is 0 Å². The molecule has 1 amide bonds. The predicted octanol–water partition coefficient (Wildman–Crippen LogP) is 2.15. The van der Waals surface area contributed by atoms with Gasteiger partial charge in [0.2, 0.25) is 5.91 Å². The molecule has 0 heterocycles. The van der Waals surface area contributed by atoms with Crippen LogP contribution in [0.1, 0.15) is 52.4 Å². The van der Waals surface area contributed by atoms with E-state index in [0.717, 1.165) is 31.8 Å². The average Bonchev–Trinajstić information content (AvgIpc) is 2.15. The van der Waals surface area contributed by atoms with E-state index in [1.807, 2.05) is 11.8 Å². The number of nitrogens with zero attached hydrogens (tertiary/aromatic N) is 1. The first-order valence-electron chi connectivity index (χ1n) is 6.66. The fourth-order valence-corrected chi connectivity index (χ4v) is 2.13. The van der Waals surface area contributed by atoms with E-state index in [1.54, 1.807) is 0 Å². The number of amides is 1. The zero-order chi connectivity index (χ0) is 12.0. The highest BCUT2D eigenvalue weighted by atomic mass is 16.2. The molecular formula is C13H26N2O. The lowest BCUT2D eigenvalue weighted by Crippen LogP contribution is -2.37. The summed E-state index contributed by atoms with van der Waals surface area (Å²) in [6, 6.07) is 0.217. The Bertz CT molecular complexity index is 212.